The van der Waals surface area contributed by atoms with E-state index in [0.717, 1.165) is 23.9 Å². The van der Waals surface area contributed by atoms with E-state index in [9.17, 15) is 4.57 Å². The van der Waals surface area contributed by atoms with Crippen LogP contribution in [0.15, 0.2) is 78.9 Å². The molecule has 1 atom stereocenters. The third-order valence-electron chi connectivity index (χ3n) is 6.26. The molecule has 4 rings (SSSR count). The molecule has 0 aliphatic heterocycles. The Morgan fingerprint density at radius 3 is 1.80 bits per heavy atom. The normalized spacial score (nSPS) is 17.7. The summed E-state index contributed by atoms with van der Waals surface area (Å²) in [4.78, 5) is 0. The summed E-state index contributed by atoms with van der Waals surface area (Å²) in [7, 11) is -1.21. The van der Waals surface area contributed by atoms with Gasteiger partial charge < -0.3 is 9.26 Å². The lowest BCUT2D eigenvalue weighted by atomic mass is 9.65. The second-order valence-corrected chi connectivity index (χ2v) is 10.6. The van der Waals surface area contributed by atoms with Crippen molar-refractivity contribution in [2.24, 2.45) is 0 Å². The highest BCUT2D eigenvalue weighted by atomic mass is 31.2. The van der Waals surface area contributed by atoms with Crippen LogP contribution in [0.3, 0.4) is 0 Å². The Labute approximate surface area is 179 Å². The summed E-state index contributed by atoms with van der Waals surface area (Å²) in [6, 6.07) is 26.1. The molecule has 30 heavy (non-hydrogen) atoms. The minimum Gasteiger partial charge on any atom is -0.497 e. The van der Waals surface area contributed by atoms with Crippen molar-refractivity contribution in [3.8, 4) is 11.5 Å². The first-order valence-corrected chi connectivity index (χ1v) is 12.7. The van der Waals surface area contributed by atoms with Gasteiger partial charge in [-0.2, -0.15) is 0 Å². The summed E-state index contributed by atoms with van der Waals surface area (Å²) in [6.45, 7) is 1.68. The summed E-state index contributed by atoms with van der Waals surface area (Å²) in [6.07, 6.45) is 6.01. The first-order valence-electron chi connectivity index (χ1n) is 10.6. The topological polar surface area (TPSA) is 35.5 Å². The lowest BCUT2D eigenvalue weighted by Gasteiger charge is -2.38. The molecule has 1 fully saturated rings. The van der Waals surface area contributed by atoms with Crippen molar-refractivity contribution in [2.75, 3.05) is 13.8 Å². The predicted octanol–water partition coefficient (Wildman–Crippen LogP) is 6.56. The Balaban J connectivity index is 1.62. The van der Waals surface area contributed by atoms with Crippen molar-refractivity contribution in [1.82, 2.24) is 0 Å². The quantitative estimate of drug-likeness (QED) is 0.424. The van der Waals surface area contributed by atoms with Gasteiger partial charge in [0.2, 0.25) is 0 Å². The zero-order chi connectivity index (χ0) is 21.0. The number of hydrogen-bond donors (Lipinski definition) is 0. The van der Waals surface area contributed by atoms with Crippen LogP contribution in [0, 0.1) is 0 Å². The first kappa shape index (κ1) is 20.8. The van der Waals surface area contributed by atoms with Gasteiger partial charge in [-0.3, -0.25) is 4.57 Å². The van der Waals surface area contributed by atoms with Gasteiger partial charge in [-0.05, 0) is 60.4 Å². The van der Waals surface area contributed by atoms with Crippen LogP contribution in [0.4, 0.5) is 0 Å². The summed E-state index contributed by atoms with van der Waals surface area (Å²) < 4.78 is 24.4. The van der Waals surface area contributed by atoms with Gasteiger partial charge in [0.1, 0.15) is 11.5 Å². The summed E-state index contributed by atoms with van der Waals surface area (Å²) in [5, 5.41) is 0.732. The van der Waals surface area contributed by atoms with Crippen LogP contribution in [0.2, 0.25) is 0 Å². The van der Waals surface area contributed by atoms with Crippen LogP contribution >= 0.6 is 7.37 Å². The van der Waals surface area contributed by atoms with Crippen molar-refractivity contribution in [2.45, 2.75) is 37.5 Å². The van der Waals surface area contributed by atoms with Crippen LogP contribution < -0.4 is 14.6 Å². The lowest BCUT2D eigenvalue weighted by molar-refractivity contribution is 0.345. The molecule has 1 aliphatic carbocycles. The van der Waals surface area contributed by atoms with E-state index in [-0.39, 0.29) is 5.41 Å². The molecule has 156 valence electrons. The Morgan fingerprint density at radius 2 is 1.27 bits per heavy atom. The Hall–Kier alpha value is -2.51. The molecular formula is C26H29O3P. The molecule has 3 nitrogen and oxygen atoms in total. The molecule has 4 heteroatoms. The zero-order valence-corrected chi connectivity index (χ0v) is 18.6. The third kappa shape index (κ3) is 4.18. The van der Waals surface area contributed by atoms with Crippen molar-refractivity contribution < 1.29 is 13.8 Å². The molecule has 3 aromatic carbocycles. The molecule has 0 radical (unpaired) electrons. The van der Waals surface area contributed by atoms with E-state index >= 15 is 0 Å². The molecule has 0 bridgehead atoms. The molecule has 1 saturated carbocycles. The lowest BCUT2D eigenvalue weighted by Crippen LogP contribution is -2.30. The Morgan fingerprint density at radius 1 is 0.733 bits per heavy atom. The fraction of sp³-hybridized carbons (Fsp3) is 0.308. The fourth-order valence-corrected chi connectivity index (χ4v) is 5.94. The van der Waals surface area contributed by atoms with E-state index in [0.29, 0.717) is 5.75 Å². The Kier molecular flexibility index (Phi) is 6.01. The highest BCUT2D eigenvalue weighted by Gasteiger charge is 2.35. The van der Waals surface area contributed by atoms with E-state index in [1.54, 1.807) is 13.8 Å². The average molecular weight is 420 g/mol. The second-order valence-electron chi connectivity index (χ2n) is 8.17. The van der Waals surface area contributed by atoms with Crippen LogP contribution in [-0.4, -0.2) is 13.8 Å². The molecule has 0 heterocycles. The van der Waals surface area contributed by atoms with Crippen molar-refractivity contribution >= 4 is 12.7 Å². The molecule has 1 aliphatic rings. The molecule has 1 unspecified atom stereocenters. The van der Waals surface area contributed by atoms with Gasteiger partial charge in [0.15, 0.2) is 0 Å². The summed E-state index contributed by atoms with van der Waals surface area (Å²) >= 11 is 0. The second kappa shape index (κ2) is 8.70. The fourth-order valence-electron chi connectivity index (χ4n) is 4.60. The molecule has 0 N–H and O–H groups in total. The van der Waals surface area contributed by atoms with E-state index in [1.165, 1.54) is 30.4 Å². The van der Waals surface area contributed by atoms with Gasteiger partial charge >= 0.3 is 0 Å². The van der Waals surface area contributed by atoms with Gasteiger partial charge in [-0.1, -0.05) is 61.7 Å². The predicted molar refractivity (Wildman–Crippen MR) is 124 cm³/mol. The molecule has 0 spiro atoms. The maximum atomic E-state index is 13.1. The summed E-state index contributed by atoms with van der Waals surface area (Å²) in [5.41, 5.74) is 2.64. The number of hydrogen-bond acceptors (Lipinski definition) is 3. The maximum Gasteiger partial charge on any atom is 0.274 e. The largest absolute Gasteiger partial charge is 0.497 e. The summed E-state index contributed by atoms with van der Waals surface area (Å²) in [5.74, 6) is 1.53. The minimum atomic E-state index is -2.91. The van der Waals surface area contributed by atoms with Gasteiger partial charge in [-0.15, -0.1) is 0 Å². The molecular weight excluding hydrogens is 391 g/mol. The van der Waals surface area contributed by atoms with Crippen molar-refractivity contribution in [3.05, 3.63) is 90.0 Å². The monoisotopic (exact) mass is 420 g/mol. The number of rotatable bonds is 6. The Bertz CT molecular complexity index is 1000. The van der Waals surface area contributed by atoms with Crippen molar-refractivity contribution in [1.29, 1.82) is 0 Å². The van der Waals surface area contributed by atoms with Gasteiger partial charge in [0.25, 0.3) is 7.37 Å². The molecule has 0 saturated heterocycles. The molecule has 3 aromatic rings. The standard InChI is InChI=1S/C26H29O3P/c1-28-23-15-11-21(12-16-23)26(19-7-4-8-20-26)22-13-17-24(18-14-22)29-30(2,27)25-9-5-3-6-10-25/h3,5-6,9-18H,4,7-8,19-20H2,1-2H3. The number of methoxy groups -OCH3 is 1. The number of benzene rings is 3. The minimum absolute atomic E-state index is 0.0123. The van der Waals surface area contributed by atoms with Crippen LogP contribution in [0.1, 0.15) is 43.2 Å². The highest BCUT2D eigenvalue weighted by Crippen LogP contribution is 2.47. The van der Waals surface area contributed by atoms with Crippen LogP contribution in [-0.2, 0) is 9.98 Å². The average Bonchev–Trinajstić information content (AvgIpc) is 2.80. The first-order chi connectivity index (χ1) is 14.5. The zero-order valence-electron chi connectivity index (χ0n) is 17.7. The van der Waals surface area contributed by atoms with E-state index in [4.69, 9.17) is 9.26 Å². The van der Waals surface area contributed by atoms with E-state index in [1.807, 2.05) is 42.5 Å². The van der Waals surface area contributed by atoms with E-state index in [2.05, 4.69) is 36.4 Å². The van der Waals surface area contributed by atoms with Gasteiger partial charge in [0.05, 0.1) is 7.11 Å². The van der Waals surface area contributed by atoms with Crippen molar-refractivity contribution in [3.63, 3.8) is 0 Å². The SMILES string of the molecule is COc1ccc(C2(c3ccc(OP(C)(=O)c4ccccc4)cc3)CCCCC2)cc1. The smallest absolute Gasteiger partial charge is 0.274 e. The molecule has 0 amide bonds. The number of ether oxygens (including phenoxy) is 1. The van der Waals surface area contributed by atoms with E-state index < -0.39 is 7.37 Å². The van der Waals surface area contributed by atoms with Crippen LogP contribution in [0.5, 0.6) is 11.5 Å². The van der Waals surface area contributed by atoms with Crippen LogP contribution in [0.25, 0.3) is 0 Å². The maximum absolute atomic E-state index is 13.1. The van der Waals surface area contributed by atoms with Gasteiger partial charge in [0, 0.05) is 17.4 Å². The third-order valence-corrected chi connectivity index (χ3v) is 8.06. The van der Waals surface area contributed by atoms with Gasteiger partial charge in [-0.25, -0.2) is 0 Å². The highest BCUT2D eigenvalue weighted by molar-refractivity contribution is 7.66. The molecule has 0 aromatic heterocycles.